The Morgan fingerprint density at radius 1 is 0.833 bits per heavy atom. The van der Waals surface area contributed by atoms with Crippen molar-refractivity contribution in [2.75, 3.05) is 0 Å². The van der Waals surface area contributed by atoms with Gasteiger partial charge in [-0.05, 0) is 36.3 Å². The van der Waals surface area contributed by atoms with Crippen LogP contribution >= 0.6 is 0 Å². The van der Waals surface area contributed by atoms with Crippen LogP contribution in [0.3, 0.4) is 0 Å². The molecule has 0 N–H and O–H groups in total. The standard InChI is InChI=1S/C22H16N2/c1-16-23-21-11-7-6-10-20(21)22(24-16)19-14-12-18(13-15-19)17-8-4-2-3-5-9-17/h2-4,6-15H,1H3. The van der Waals surface area contributed by atoms with Crippen LogP contribution in [0.2, 0.25) is 0 Å². The SMILES string of the molecule is Cc1nc(-c2ccc(C3=CC=CC=C=C3)cc2)c2ccccc2n1. The number of para-hydroxylation sites is 1. The summed E-state index contributed by atoms with van der Waals surface area (Å²) in [5.74, 6) is 0.789. The van der Waals surface area contributed by atoms with Crippen molar-refractivity contribution in [2.45, 2.75) is 6.92 Å². The van der Waals surface area contributed by atoms with Crippen LogP contribution in [0.4, 0.5) is 0 Å². The van der Waals surface area contributed by atoms with Crippen molar-refractivity contribution < 1.29 is 0 Å². The van der Waals surface area contributed by atoms with E-state index in [1.54, 1.807) is 0 Å². The predicted molar refractivity (Wildman–Crippen MR) is 99.5 cm³/mol. The highest BCUT2D eigenvalue weighted by atomic mass is 14.9. The maximum Gasteiger partial charge on any atom is 0.126 e. The van der Waals surface area contributed by atoms with E-state index < -0.39 is 0 Å². The lowest BCUT2D eigenvalue weighted by Gasteiger charge is -2.08. The third-order valence-corrected chi connectivity index (χ3v) is 4.02. The molecule has 2 nitrogen and oxygen atoms in total. The second-order valence-electron chi connectivity index (χ2n) is 5.70. The predicted octanol–water partition coefficient (Wildman–Crippen LogP) is 5.27. The van der Waals surface area contributed by atoms with E-state index in [-0.39, 0.29) is 0 Å². The van der Waals surface area contributed by atoms with E-state index in [9.17, 15) is 0 Å². The van der Waals surface area contributed by atoms with E-state index >= 15 is 0 Å². The molecular formula is C22H16N2. The number of hydrogen-bond donors (Lipinski definition) is 0. The van der Waals surface area contributed by atoms with Gasteiger partial charge in [0.1, 0.15) is 5.82 Å². The van der Waals surface area contributed by atoms with Gasteiger partial charge < -0.3 is 0 Å². The molecule has 0 spiro atoms. The Morgan fingerprint density at radius 3 is 2.50 bits per heavy atom. The lowest BCUT2D eigenvalue weighted by Crippen LogP contribution is -1.94. The number of allylic oxidation sites excluding steroid dienone is 5. The van der Waals surface area contributed by atoms with Crippen LogP contribution in [0.15, 0.2) is 84.6 Å². The average molecular weight is 308 g/mol. The van der Waals surface area contributed by atoms with Gasteiger partial charge in [0.15, 0.2) is 0 Å². The van der Waals surface area contributed by atoms with Crippen LogP contribution in [0.5, 0.6) is 0 Å². The maximum absolute atomic E-state index is 4.67. The summed E-state index contributed by atoms with van der Waals surface area (Å²) in [6.07, 6.45) is 10.0. The molecule has 24 heavy (non-hydrogen) atoms. The molecule has 2 heteroatoms. The van der Waals surface area contributed by atoms with Gasteiger partial charge in [-0.2, -0.15) is 0 Å². The molecule has 0 fully saturated rings. The maximum atomic E-state index is 4.67. The zero-order valence-corrected chi connectivity index (χ0v) is 13.4. The summed E-state index contributed by atoms with van der Waals surface area (Å²) in [6.45, 7) is 1.93. The van der Waals surface area contributed by atoms with Crippen LogP contribution in [-0.4, -0.2) is 9.97 Å². The van der Waals surface area contributed by atoms with E-state index in [1.807, 2.05) is 49.4 Å². The highest BCUT2D eigenvalue weighted by molar-refractivity contribution is 5.92. The monoisotopic (exact) mass is 308 g/mol. The Morgan fingerprint density at radius 2 is 1.62 bits per heavy atom. The minimum absolute atomic E-state index is 0.789. The number of hydrogen-bond acceptors (Lipinski definition) is 2. The molecular weight excluding hydrogens is 292 g/mol. The normalized spacial score (nSPS) is 13.1. The third kappa shape index (κ3) is 2.71. The average Bonchev–Trinajstić information content (AvgIpc) is 2.90. The summed E-state index contributed by atoms with van der Waals surface area (Å²) in [5, 5.41) is 1.08. The van der Waals surface area contributed by atoms with E-state index in [0.29, 0.717) is 0 Å². The molecule has 2 aromatic carbocycles. The number of benzene rings is 2. The fourth-order valence-electron chi connectivity index (χ4n) is 2.87. The highest BCUT2D eigenvalue weighted by Crippen LogP contribution is 2.27. The molecule has 0 atom stereocenters. The minimum Gasteiger partial charge on any atom is -0.233 e. The van der Waals surface area contributed by atoms with E-state index in [4.69, 9.17) is 0 Å². The Hall–Kier alpha value is -3.22. The van der Waals surface area contributed by atoms with Gasteiger partial charge in [-0.25, -0.2) is 9.97 Å². The lowest BCUT2D eigenvalue weighted by molar-refractivity contribution is 1.10. The van der Waals surface area contributed by atoms with Crippen molar-refractivity contribution in [2.24, 2.45) is 0 Å². The second-order valence-corrected chi connectivity index (χ2v) is 5.70. The zero-order valence-electron chi connectivity index (χ0n) is 13.4. The molecule has 0 aliphatic heterocycles. The Kier molecular flexibility index (Phi) is 3.66. The molecule has 0 radical (unpaired) electrons. The number of rotatable bonds is 2. The van der Waals surface area contributed by atoms with Gasteiger partial charge in [0.2, 0.25) is 0 Å². The summed E-state index contributed by atoms with van der Waals surface area (Å²) in [5.41, 5.74) is 8.53. The van der Waals surface area contributed by atoms with Crippen molar-refractivity contribution in [3.63, 3.8) is 0 Å². The molecule has 0 saturated carbocycles. The lowest BCUT2D eigenvalue weighted by atomic mass is 10.0. The number of aryl methyl sites for hydroxylation is 1. The second kappa shape index (κ2) is 6.11. The molecule has 0 amide bonds. The molecule has 4 rings (SSSR count). The third-order valence-electron chi connectivity index (χ3n) is 4.02. The Bertz CT molecular complexity index is 1030. The van der Waals surface area contributed by atoms with Crippen LogP contribution in [0.1, 0.15) is 11.4 Å². The molecule has 0 saturated heterocycles. The zero-order chi connectivity index (χ0) is 16.4. The van der Waals surface area contributed by atoms with Gasteiger partial charge in [-0.15, -0.1) is 5.73 Å². The van der Waals surface area contributed by atoms with Crippen molar-refractivity contribution in [3.8, 4) is 11.3 Å². The summed E-state index contributed by atoms with van der Waals surface area (Å²) >= 11 is 0. The fraction of sp³-hybridized carbons (Fsp3) is 0.0455. The highest BCUT2D eigenvalue weighted by Gasteiger charge is 2.08. The molecule has 1 heterocycles. The molecule has 0 unspecified atom stereocenters. The summed E-state index contributed by atoms with van der Waals surface area (Å²) < 4.78 is 0. The molecule has 3 aromatic rings. The van der Waals surface area contributed by atoms with Gasteiger partial charge >= 0.3 is 0 Å². The molecule has 114 valence electrons. The Labute approximate surface area is 141 Å². The smallest absolute Gasteiger partial charge is 0.126 e. The number of nitrogens with zero attached hydrogens (tertiary/aromatic N) is 2. The van der Waals surface area contributed by atoms with Crippen LogP contribution in [0, 0.1) is 6.92 Å². The fourth-order valence-corrected chi connectivity index (χ4v) is 2.87. The van der Waals surface area contributed by atoms with Gasteiger partial charge in [-0.3, -0.25) is 0 Å². The largest absolute Gasteiger partial charge is 0.233 e. The summed E-state index contributed by atoms with van der Waals surface area (Å²) in [4.78, 5) is 9.19. The van der Waals surface area contributed by atoms with Crippen LogP contribution < -0.4 is 0 Å². The topological polar surface area (TPSA) is 25.8 Å². The molecule has 1 aliphatic carbocycles. The van der Waals surface area contributed by atoms with Gasteiger partial charge in [0.05, 0.1) is 11.2 Å². The quantitative estimate of drug-likeness (QED) is 0.603. The molecule has 1 aliphatic rings. The van der Waals surface area contributed by atoms with Gasteiger partial charge in [0.25, 0.3) is 0 Å². The van der Waals surface area contributed by atoms with Gasteiger partial charge in [0, 0.05) is 10.9 Å². The molecule has 0 bridgehead atoms. The van der Waals surface area contributed by atoms with E-state index in [2.05, 4.69) is 52.1 Å². The van der Waals surface area contributed by atoms with Crippen molar-refractivity contribution in [1.82, 2.24) is 9.97 Å². The van der Waals surface area contributed by atoms with Crippen molar-refractivity contribution in [1.29, 1.82) is 0 Å². The van der Waals surface area contributed by atoms with Crippen LogP contribution in [0.25, 0.3) is 27.7 Å². The number of aromatic nitrogens is 2. The molecule has 1 aromatic heterocycles. The van der Waals surface area contributed by atoms with E-state index in [0.717, 1.165) is 33.6 Å². The number of fused-ring (bicyclic) bond motifs is 1. The first kappa shape index (κ1) is 14.4. The first-order valence-electron chi connectivity index (χ1n) is 7.95. The minimum atomic E-state index is 0.789. The first-order valence-corrected chi connectivity index (χ1v) is 7.95. The summed E-state index contributed by atoms with van der Waals surface area (Å²) in [6, 6.07) is 16.6. The first-order chi connectivity index (χ1) is 11.8. The van der Waals surface area contributed by atoms with Crippen molar-refractivity contribution in [3.05, 3.63) is 96.0 Å². The summed E-state index contributed by atoms with van der Waals surface area (Å²) in [7, 11) is 0. The van der Waals surface area contributed by atoms with Crippen molar-refractivity contribution >= 4 is 16.5 Å². The van der Waals surface area contributed by atoms with Crippen LogP contribution in [-0.2, 0) is 0 Å². The Balaban J connectivity index is 1.80. The van der Waals surface area contributed by atoms with E-state index in [1.165, 1.54) is 5.56 Å². The van der Waals surface area contributed by atoms with Gasteiger partial charge in [-0.1, -0.05) is 60.7 Å².